The second-order valence-corrected chi connectivity index (χ2v) is 4.75. The quantitative estimate of drug-likeness (QED) is 0.815. The fraction of sp³-hybridized carbons (Fsp3) is 0.583. The van der Waals surface area contributed by atoms with Crippen molar-refractivity contribution in [2.24, 2.45) is 0 Å². The summed E-state index contributed by atoms with van der Waals surface area (Å²) in [5, 5.41) is 7.54. The minimum Gasteiger partial charge on any atom is -0.344 e. The monoisotopic (exact) mass is 283 g/mol. The fourth-order valence-electron chi connectivity index (χ4n) is 1.73. The first-order valence-corrected chi connectivity index (χ1v) is 6.80. The van der Waals surface area contributed by atoms with Gasteiger partial charge in [0.05, 0.1) is 12.2 Å². The SMILES string of the molecule is CCCCc1nc(Cl)c(CNCc2noc(C)n2)[nH]1. The number of nitrogens with one attached hydrogen (secondary N) is 2. The predicted molar refractivity (Wildman–Crippen MR) is 71.8 cm³/mol. The molecule has 0 radical (unpaired) electrons. The lowest BCUT2D eigenvalue weighted by atomic mass is 10.2. The zero-order valence-electron chi connectivity index (χ0n) is 11.2. The second kappa shape index (κ2) is 6.68. The number of imidazole rings is 1. The number of unbranched alkanes of at least 4 members (excludes halogenated alkanes) is 1. The third kappa shape index (κ3) is 4.04. The predicted octanol–water partition coefficient (Wildman–Crippen LogP) is 2.39. The van der Waals surface area contributed by atoms with Gasteiger partial charge < -0.3 is 14.8 Å². The number of rotatable bonds is 7. The van der Waals surface area contributed by atoms with Gasteiger partial charge in [-0.15, -0.1) is 0 Å². The summed E-state index contributed by atoms with van der Waals surface area (Å²) in [5.74, 6) is 2.15. The van der Waals surface area contributed by atoms with Gasteiger partial charge in [-0.3, -0.25) is 0 Å². The molecule has 0 unspecified atom stereocenters. The van der Waals surface area contributed by atoms with Gasteiger partial charge in [-0.2, -0.15) is 4.98 Å². The molecule has 2 heterocycles. The van der Waals surface area contributed by atoms with E-state index in [0.29, 0.717) is 30.0 Å². The minimum absolute atomic E-state index is 0.530. The number of hydrogen-bond donors (Lipinski definition) is 2. The first-order chi connectivity index (χ1) is 9.19. The summed E-state index contributed by atoms with van der Waals surface area (Å²) >= 11 is 6.08. The van der Waals surface area contributed by atoms with Crippen LogP contribution < -0.4 is 5.32 Å². The minimum atomic E-state index is 0.530. The van der Waals surface area contributed by atoms with E-state index in [1.165, 1.54) is 0 Å². The summed E-state index contributed by atoms with van der Waals surface area (Å²) in [6.07, 6.45) is 3.18. The van der Waals surface area contributed by atoms with E-state index >= 15 is 0 Å². The first-order valence-electron chi connectivity index (χ1n) is 6.42. The van der Waals surface area contributed by atoms with Crippen LogP contribution in [0.15, 0.2) is 4.52 Å². The number of hydrogen-bond acceptors (Lipinski definition) is 5. The Morgan fingerprint density at radius 1 is 1.32 bits per heavy atom. The molecule has 0 aliphatic carbocycles. The molecular formula is C12H18ClN5O. The van der Waals surface area contributed by atoms with Gasteiger partial charge in [0, 0.05) is 19.9 Å². The summed E-state index contributed by atoms with van der Waals surface area (Å²) in [6, 6.07) is 0. The van der Waals surface area contributed by atoms with E-state index in [2.05, 4.69) is 32.3 Å². The van der Waals surface area contributed by atoms with Gasteiger partial charge >= 0.3 is 0 Å². The van der Waals surface area contributed by atoms with Crippen molar-refractivity contribution < 1.29 is 4.52 Å². The van der Waals surface area contributed by atoms with Crippen molar-refractivity contribution >= 4 is 11.6 Å². The lowest BCUT2D eigenvalue weighted by molar-refractivity contribution is 0.385. The maximum Gasteiger partial charge on any atom is 0.223 e. The summed E-state index contributed by atoms with van der Waals surface area (Å²) in [6.45, 7) is 5.06. The zero-order chi connectivity index (χ0) is 13.7. The molecule has 0 bridgehead atoms. The molecule has 2 rings (SSSR count). The van der Waals surface area contributed by atoms with E-state index in [0.717, 1.165) is 30.8 Å². The molecule has 0 saturated heterocycles. The molecule has 2 aromatic rings. The molecule has 0 aliphatic rings. The van der Waals surface area contributed by atoms with Crippen LogP contribution in [-0.2, 0) is 19.5 Å². The molecule has 0 aliphatic heterocycles. The van der Waals surface area contributed by atoms with Crippen molar-refractivity contribution in [3.8, 4) is 0 Å². The second-order valence-electron chi connectivity index (χ2n) is 4.39. The fourth-order valence-corrected chi connectivity index (χ4v) is 1.95. The third-order valence-electron chi connectivity index (χ3n) is 2.70. The maximum atomic E-state index is 6.08. The molecule has 0 amide bonds. The van der Waals surface area contributed by atoms with Crippen molar-refractivity contribution in [3.05, 3.63) is 28.4 Å². The molecule has 0 saturated carbocycles. The normalized spacial score (nSPS) is 11.1. The lowest BCUT2D eigenvalue weighted by Gasteiger charge is -1.99. The number of halogens is 1. The Bertz CT molecular complexity index is 522. The maximum absolute atomic E-state index is 6.08. The topological polar surface area (TPSA) is 79.6 Å². The largest absolute Gasteiger partial charge is 0.344 e. The van der Waals surface area contributed by atoms with Crippen LogP contribution in [0.25, 0.3) is 0 Å². The van der Waals surface area contributed by atoms with Crippen LogP contribution in [0.5, 0.6) is 0 Å². The van der Waals surface area contributed by atoms with Crippen molar-refractivity contribution in [2.75, 3.05) is 0 Å². The first kappa shape index (κ1) is 14.0. The van der Waals surface area contributed by atoms with Crippen molar-refractivity contribution in [3.63, 3.8) is 0 Å². The average Bonchev–Trinajstić information content (AvgIpc) is 2.94. The highest BCUT2D eigenvalue weighted by atomic mass is 35.5. The highest BCUT2D eigenvalue weighted by Crippen LogP contribution is 2.14. The van der Waals surface area contributed by atoms with Gasteiger partial charge in [0.1, 0.15) is 5.82 Å². The third-order valence-corrected chi connectivity index (χ3v) is 3.01. The summed E-state index contributed by atoms with van der Waals surface area (Å²) in [7, 11) is 0. The van der Waals surface area contributed by atoms with Crippen LogP contribution in [0.3, 0.4) is 0 Å². The van der Waals surface area contributed by atoms with Crippen molar-refractivity contribution in [1.29, 1.82) is 0 Å². The Morgan fingerprint density at radius 3 is 2.84 bits per heavy atom. The molecule has 6 nitrogen and oxygen atoms in total. The van der Waals surface area contributed by atoms with E-state index in [-0.39, 0.29) is 0 Å². The highest BCUT2D eigenvalue weighted by molar-refractivity contribution is 6.30. The van der Waals surface area contributed by atoms with Crippen molar-refractivity contribution in [2.45, 2.75) is 46.2 Å². The Kier molecular flexibility index (Phi) is 4.93. The zero-order valence-corrected chi connectivity index (χ0v) is 11.9. The summed E-state index contributed by atoms with van der Waals surface area (Å²) < 4.78 is 4.89. The van der Waals surface area contributed by atoms with Crippen molar-refractivity contribution in [1.82, 2.24) is 25.4 Å². The number of nitrogens with zero attached hydrogens (tertiary/aromatic N) is 3. The van der Waals surface area contributed by atoms with Crippen LogP contribution >= 0.6 is 11.6 Å². The van der Waals surface area contributed by atoms with Crippen LogP contribution in [0.2, 0.25) is 5.15 Å². The molecular weight excluding hydrogens is 266 g/mol. The molecule has 7 heteroatoms. The Morgan fingerprint density at radius 2 is 2.16 bits per heavy atom. The Balaban J connectivity index is 1.83. The van der Waals surface area contributed by atoms with Gasteiger partial charge in [0.25, 0.3) is 0 Å². The van der Waals surface area contributed by atoms with E-state index < -0.39 is 0 Å². The van der Waals surface area contributed by atoms with E-state index in [4.69, 9.17) is 16.1 Å². The van der Waals surface area contributed by atoms with Crippen LogP contribution in [-0.4, -0.2) is 20.1 Å². The molecule has 0 aromatic carbocycles. The molecule has 2 N–H and O–H groups in total. The molecule has 19 heavy (non-hydrogen) atoms. The van der Waals surface area contributed by atoms with Gasteiger partial charge in [-0.25, -0.2) is 4.98 Å². The Labute approximate surface area is 117 Å². The average molecular weight is 284 g/mol. The van der Waals surface area contributed by atoms with Crippen LogP contribution in [0, 0.1) is 6.92 Å². The Hall–Kier alpha value is -1.40. The molecule has 2 aromatic heterocycles. The van der Waals surface area contributed by atoms with E-state index in [9.17, 15) is 0 Å². The number of aromatic nitrogens is 4. The number of aromatic amines is 1. The smallest absolute Gasteiger partial charge is 0.223 e. The van der Waals surface area contributed by atoms with Gasteiger partial charge in [-0.1, -0.05) is 30.1 Å². The highest BCUT2D eigenvalue weighted by Gasteiger charge is 2.08. The number of H-pyrrole nitrogens is 1. The summed E-state index contributed by atoms with van der Waals surface area (Å²) in [5.41, 5.74) is 0.896. The molecule has 0 fully saturated rings. The number of aryl methyl sites for hydroxylation is 2. The molecule has 0 spiro atoms. The van der Waals surface area contributed by atoms with Gasteiger partial charge in [0.15, 0.2) is 11.0 Å². The van der Waals surface area contributed by atoms with Gasteiger partial charge in [-0.05, 0) is 6.42 Å². The molecule has 104 valence electrons. The van der Waals surface area contributed by atoms with E-state index in [1.54, 1.807) is 6.92 Å². The molecule has 0 atom stereocenters. The summed E-state index contributed by atoms with van der Waals surface area (Å²) in [4.78, 5) is 11.6. The van der Waals surface area contributed by atoms with E-state index in [1.807, 2.05) is 0 Å². The standard InChI is InChI=1S/C12H18ClN5O/c1-3-4-5-10-16-9(12(13)17-10)6-14-7-11-15-8(2)19-18-11/h14H,3-7H2,1-2H3,(H,16,17). The van der Waals surface area contributed by atoms with Crippen LogP contribution in [0.4, 0.5) is 0 Å². The lowest BCUT2D eigenvalue weighted by Crippen LogP contribution is -2.14. The van der Waals surface area contributed by atoms with Crippen LogP contribution in [0.1, 0.15) is 43.0 Å². The van der Waals surface area contributed by atoms with Gasteiger partial charge in [0.2, 0.25) is 5.89 Å².